The molecular formula is C16H24N2. The van der Waals surface area contributed by atoms with Gasteiger partial charge in [0.15, 0.2) is 0 Å². The van der Waals surface area contributed by atoms with Gasteiger partial charge in [-0.15, -0.1) is 0 Å². The van der Waals surface area contributed by atoms with Gasteiger partial charge in [0.25, 0.3) is 0 Å². The molecule has 0 amide bonds. The van der Waals surface area contributed by atoms with Crippen molar-refractivity contribution < 1.29 is 0 Å². The second-order valence-corrected chi connectivity index (χ2v) is 5.68. The largest absolute Gasteiger partial charge is 0.315 e. The molecule has 3 rings (SSSR count). The van der Waals surface area contributed by atoms with Crippen molar-refractivity contribution in [1.29, 1.82) is 0 Å². The van der Waals surface area contributed by atoms with E-state index in [0.717, 1.165) is 25.0 Å². The van der Waals surface area contributed by atoms with Gasteiger partial charge in [-0.25, -0.2) is 0 Å². The molecule has 1 aromatic carbocycles. The Balaban J connectivity index is 1.73. The molecule has 1 saturated carbocycles. The predicted octanol–water partition coefficient (Wildman–Crippen LogP) is 2.75. The van der Waals surface area contributed by atoms with Crippen molar-refractivity contribution >= 4 is 0 Å². The maximum absolute atomic E-state index is 3.48. The van der Waals surface area contributed by atoms with E-state index in [4.69, 9.17) is 0 Å². The second-order valence-electron chi connectivity index (χ2n) is 5.68. The second kappa shape index (κ2) is 5.41. The van der Waals surface area contributed by atoms with Gasteiger partial charge in [0.2, 0.25) is 0 Å². The van der Waals surface area contributed by atoms with Crippen LogP contribution in [0.1, 0.15) is 43.2 Å². The van der Waals surface area contributed by atoms with Crippen LogP contribution < -0.4 is 5.32 Å². The Morgan fingerprint density at radius 2 is 2.06 bits per heavy atom. The maximum atomic E-state index is 3.48. The molecule has 1 aliphatic heterocycles. The molecule has 2 aliphatic rings. The van der Waals surface area contributed by atoms with E-state index >= 15 is 0 Å². The number of benzene rings is 1. The summed E-state index contributed by atoms with van der Waals surface area (Å²) in [5.41, 5.74) is 3.18. The van der Waals surface area contributed by atoms with Gasteiger partial charge in [-0.05, 0) is 49.4 Å². The third-order valence-electron chi connectivity index (χ3n) is 4.40. The molecule has 1 saturated heterocycles. The lowest BCUT2D eigenvalue weighted by atomic mass is 10.0. The van der Waals surface area contributed by atoms with Gasteiger partial charge >= 0.3 is 0 Å². The van der Waals surface area contributed by atoms with Gasteiger partial charge in [-0.3, -0.25) is 4.90 Å². The highest BCUT2D eigenvalue weighted by Crippen LogP contribution is 2.41. The Bertz CT molecular complexity index is 392. The van der Waals surface area contributed by atoms with Crippen LogP contribution in [0.5, 0.6) is 0 Å². The molecule has 18 heavy (non-hydrogen) atoms. The van der Waals surface area contributed by atoms with Crippen molar-refractivity contribution in [3.05, 3.63) is 35.4 Å². The van der Waals surface area contributed by atoms with Crippen molar-refractivity contribution in [3.8, 4) is 0 Å². The van der Waals surface area contributed by atoms with Gasteiger partial charge in [0.05, 0.1) is 0 Å². The molecule has 1 heterocycles. The highest BCUT2D eigenvalue weighted by molar-refractivity contribution is 5.33. The average Bonchev–Trinajstić information content (AvgIpc) is 3.11. The molecule has 1 N–H and O–H groups in total. The summed E-state index contributed by atoms with van der Waals surface area (Å²) in [6.45, 7) is 6.93. The van der Waals surface area contributed by atoms with Crippen LogP contribution in [-0.4, -0.2) is 30.6 Å². The van der Waals surface area contributed by atoms with Crippen molar-refractivity contribution in [2.45, 2.75) is 44.7 Å². The molecule has 0 spiro atoms. The normalized spacial score (nSPS) is 23.8. The SMILES string of the molecule is CCN(Cc1ccccc1C1CC1)C1CCNC1. The zero-order valence-corrected chi connectivity index (χ0v) is 11.4. The standard InChI is InChI=1S/C16H24N2/c1-2-18(15-9-10-17-11-15)12-14-5-3-4-6-16(14)13-7-8-13/h3-6,13,15,17H,2,7-12H2,1H3. The third kappa shape index (κ3) is 2.60. The summed E-state index contributed by atoms with van der Waals surface area (Å²) in [7, 11) is 0. The van der Waals surface area contributed by atoms with Crippen molar-refractivity contribution in [2.75, 3.05) is 19.6 Å². The summed E-state index contributed by atoms with van der Waals surface area (Å²) in [5, 5.41) is 3.48. The summed E-state index contributed by atoms with van der Waals surface area (Å²) >= 11 is 0. The molecule has 1 unspecified atom stereocenters. The van der Waals surface area contributed by atoms with E-state index in [9.17, 15) is 0 Å². The fourth-order valence-electron chi connectivity index (χ4n) is 3.14. The molecular weight excluding hydrogens is 220 g/mol. The van der Waals surface area contributed by atoms with Crippen molar-refractivity contribution in [3.63, 3.8) is 0 Å². The molecule has 2 heteroatoms. The molecule has 1 atom stereocenters. The van der Waals surface area contributed by atoms with E-state index in [1.165, 1.54) is 32.4 Å². The Hall–Kier alpha value is -0.860. The Labute approximate surface area is 110 Å². The number of hydrogen-bond donors (Lipinski definition) is 1. The van der Waals surface area contributed by atoms with Gasteiger partial charge in [-0.2, -0.15) is 0 Å². The lowest BCUT2D eigenvalue weighted by molar-refractivity contribution is 0.210. The monoisotopic (exact) mass is 244 g/mol. The summed E-state index contributed by atoms with van der Waals surface area (Å²) < 4.78 is 0. The molecule has 1 aliphatic carbocycles. The lowest BCUT2D eigenvalue weighted by Crippen LogP contribution is -2.36. The van der Waals surface area contributed by atoms with Crippen molar-refractivity contribution in [2.24, 2.45) is 0 Å². The molecule has 0 bridgehead atoms. The molecule has 0 aromatic heterocycles. The Morgan fingerprint density at radius 3 is 2.72 bits per heavy atom. The van der Waals surface area contributed by atoms with Crippen LogP contribution in [0.3, 0.4) is 0 Å². The van der Waals surface area contributed by atoms with E-state index in [1.54, 1.807) is 11.1 Å². The zero-order valence-electron chi connectivity index (χ0n) is 11.4. The summed E-state index contributed by atoms with van der Waals surface area (Å²) in [4.78, 5) is 2.64. The number of nitrogens with one attached hydrogen (secondary N) is 1. The van der Waals surface area contributed by atoms with E-state index in [1.807, 2.05) is 0 Å². The maximum Gasteiger partial charge on any atom is 0.0239 e. The fourth-order valence-corrected chi connectivity index (χ4v) is 3.14. The average molecular weight is 244 g/mol. The summed E-state index contributed by atoms with van der Waals surface area (Å²) in [5.74, 6) is 0.863. The quantitative estimate of drug-likeness (QED) is 0.857. The third-order valence-corrected chi connectivity index (χ3v) is 4.40. The van der Waals surface area contributed by atoms with Gasteiger partial charge < -0.3 is 5.32 Å². The minimum Gasteiger partial charge on any atom is -0.315 e. The van der Waals surface area contributed by atoms with Gasteiger partial charge in [0.1, 0.15) is 0 Å². The first kappa shape index (κ1) is 12.2. The van der Waals surface area contributed by atoms with E-state index in [2.05, 4.69) is 41.4 Å². The van der Waals surface area contributed by atoms with E-state index < -0.39 is 0 Å². The van der Waals surface area contributed by atoms with Gasteiger partial charge in [0, 0.05) is 19.1 Å². The molecule has 98 valence electrons. The number of hydrogen-bond acceptors (Lipinski definition) is 2. The highest BCUT2D eigenvalue weighted by Gasteiger charge is 2.27. The minimum absolute atomic E-state index is 0.738. The van der Waals surface area contributed by atoms with Crippen LogP contribution in [0.15, 0.2) is 24.3 Å². The van der Waals surface area contributed by atoms with Crippen LogP contribution in [-0.2, 0) is 6.54 Å². The van der Waals surface area contributed by atoms with Crippen LogP contribution in [0.25, 0.3) is 0 Å². The van der Waals surface area contributed by atoms with Crippen LogP contribution in [0.2, 0.25) is 0 Å². The van der Waals surface area contributed by atoms with Gasteiger partial charge in [-0.1, -0.05) is 31.2 Å². The molecule has 2 fully saturated rings. The lowest BCUT2D eigenvalue weighted by Gasteiger charge is -2.27. The van der Waals surface area contributed by atoms with Crippen LogP contribution >= 0.6 is 0 Å². The molecule has 1 aromatic rings. The van der Waals surface area contributed by atoms with Crippen LogP contribution in [0, 0.1) is 0 Å². The summed E-state index contributed by atoms with van der Waals surface area (Å²) in [6, 6.07) is 9.81. The number of nitrogens with zero attached hydrogens (tertiary/aromatic N) is 1. The highest BCUT2D eigenvalue weighted by atomic mass is 15.2. The fraction of sp³-hybridized carbons (Fsp3) is 0.625. The smallest absolute Gasteiger partial charge is 0.0239 e. The first-order valence-corrected chi connectivity index (χ1v) is 7.41. The zero-order chi connectivity index (χ0) is 12.4. The van der Waals surface area contributed by atoms with E-state index in [0.29, 0.717) is 0 Å². The van der Waals surface area contributed by atoms with E-state index in [-0.39, 0.29) is 0 Å². The van der Waals surface area contributed by atoms with Crippen molar-refractivity contribution in [1.82, 2.24) is 10.2 Å². The minimum atomic E-state index is 0.738. The first-order chi connectivity index (χ1) is 8.88. The van der Waals surface area contributed by atoms with Crippen LogP contribution in [0.4, 0.5) is 0 Å². The molecule has 0 radical (unpaired) electrons. The predicted molar refractivity (Wildman–Crippen MR) is 75.8 cm³/mol. The Kier molecular flexibility index (Phi) is 3.67. The number of rotatable bonds is 5. The summed E-state index contributed by atoms with van der Waals surface area (Å²) in [6.07, 6.45) is 4.10. The first-order valence-electron chi connectivity index (χ1n) is 7.41. The number of likely N-dealkylation sites (N-methyl/N-ethyl adjacent to an activating group) is 1. The Morgan fingerprint density at radius 1 is 1.22 bits per heavy atom. The topological polar surface area (TPSA) is 15.3 Å². The molecule has 2 nitrogen and oxygen atoms in total.